The molecule has 0 radical (unpaired) electrons. The standard InChI is InChI=1S/C6H6N2O.H3O4P/c7-6(9)5-1-3-8-4-2-5;1-5(2,3)4/h1-4H,(H2,7,9);(H3,1,2,3,4). The number of aromatic nitrogens is 1. The lowest BCUT2D eigenvalue weighted by molar-refractivity contribution is -0.378. The minimum absolute atomic E-state index is 0.399. The third kappa shape index (κ3) is 8.82. The molecule has 1 rings (SSSR count). The van der Waals surface area contributed by atoms with Crippen molar-refractivity contribution in [3.8, 4) is 0 Å². The number of nitrogens with one attached hydrogen (secondary N) is 1. The van der Waals surface area contributed by atoms with Gasteiger partial charge in [0.15, 0.2) is 12.4 Å². The zero-order valence-electron chi connectivity index (χ0n) is 6.95. The molecule has 1 heterocycles. The zero-order valence-corrected chi connectivity index (χ0v) is 7.85. The van der Waals surface area contributed by atoms with Gasteiger partial charge in [-0.25, -0.2) is 4.98 Å². The molecule has 1 amide bonds. The van der Waals surface area contributed by atoms with Crippen LogP contribution in [0.1, 0.15) is 10.4 Å². The van der Waals surface area contributed by atoms with Crippen LogP contribution in [0.25, 0.3) is 0 Å². The Balaban J connectivity index is 0.000000292. The summed E-state index contributed by atoms with van der Waals surface area (Å²) in [6.45, 7) is 0. The van der Waals surface area contributed by atoms with Gasteiger partial charge in [0.05, 0.1) is 5.56 Å². The Morgan fingerprint density at radius 3 is 2.00 bits per heavy atom. The molecule has 0 unspecified atom stereocenters. The Labute approximate surface area is 79.5 Å². The fourth-order valence-corrected chi connectivity index (χ4v) is 0.551. The van der Waals surface area contributed by atoms with Crippen LogP contribution in [0, 0.1) is 0 Å². The van der Waals surface area contributed by atoms with Gasteiger partial charge in [-0.05, 0) is 0 Å². The Kier molecular flexibility index (Phi) is 4.96. The predicted molar refractivity (Wildman–Crippen MR) is 43.6 cm³/mol. The molecule has 0 aliphatic rings. The molecule has 5 N–H and O–H groups in total. The zero-order chi connectivity index (χ0) is 11.2. The molecular weight excluding hydrogens is 211 g/mol. The highest BCUT2D eigenvalue weighted by molar-refractivity contribution is 7.43. The van der Waals surface area contributed by atoms with E-state index < -0.39 is 13.7 Å². The third-order valence-corrected chi connectivity index (χ3v) is 1.00. The molecular formula is C6H9N2O5P. The molecule has 14 heavy (non-hydrogen) atoms. The highest BCUT2D eigenvalue weighted by atomic mass is 31.2. The maximum absolute atomic E-state index is 10.4. The van der Waals surface area contributed by atoms with Crippen LogP contribution >= 0.6 is 7.82 Å². The monoisotopic (exact) mass is 220 g/mol. The first-order valence-corrected chi connectivity index (χ1v) is 4.86. The summed E-state index contributed by atoms with van der Waals surface area (Å²) in [4.78, 5) is 36.1. The van der Waals surface area contributed by atoms with Crippen LogP contribution in [0.2, 0.25) is 0 Å². The van der Waals surface area contributed by atoms with E-state index in [-0.39, 0.29) is 0 Å². The number of primary amides is 1. The second kappa shape index (κ2) is 5.46. The normalized spacial score (nSPS) is 9.93. The van der Waals surface area contributed by atoms with E-state index in [1.165, 1.54) is 0 Å². The molecule has 0 saturated heterocycles. The van der Waals surface area contributed by atoms with Gasteiger partial charge in [0.25, 0.3) is 7.82 Å². The highest BCUT2D eigenvalue weighted by Gasteiger charge is 1.97. The maximum atomic E-state index is 10.4. The van der Waals surface area contributed by atoms with E-state index in [0.29, 0.717) is 5.56 Å². The summed E-state index contributed by atoms with van der Waals surface area (Å²) in [5.74, 6) is -0.399. The average Bonchev–Trinajstić information content (AvgIpc) is 2.03. The second-order valence-corrected chi connectivity index (χ2v) is 3.12. The van der Waals surface area contributed by atoms with Gasteiger partial charge in [-0.2, -0.15) is 0 Å². The van der Waals surface area contributed by atoms with Gasteiger partial charge < -0.3 is 20.4 Å². The smallest absolute Gasteiger partial charge is 0.262 e. The molecule has 1 aromatic heterocycles. The number of hydrogen-bond acceptors (Lipinski definition) is 3. The maximum Gasteiger partial charge on any atom is 0.262 e. The first-order valence-electron chi connectivity index (χ1n) is 3.33. The van der Waals surface area contributed by atoms with Crippen LogP contribution < -0.4 is 15.6 Å². The van der Waals surface area contributed by atoms with Crippen molar-refractivity contribution in [3.05, 3.63) is 30.1 Å². The quantitative estimate of drug-likeness (QED) is 0.471. The van der Waals surface area contributed by atoms with E-state index in [0.717, 1.165) is 0 Å². The lowest BCUT2D eigenvalue weighted by atomic mass is 10.3. The van der Waals surface area contributed by atoms with Gasteiger partial charge in [-0.1, -0.05) is 0 Å². The lowest BCUT2D eigenvalue weighted by Crippen LogP contribution is -2.12. The van der Waals surface area contributed by atoms with E-state index in [2.05, 4.69) is 4.98 Å². The number of nitrogens with two attached hydrogens (primary N) is 1. The van der Waals surface area contributed by atoms with Crippen molar-refractivity contribution < 1.29 is 29.0 Å². The van der Waals surface area contributed by atoms with Gasteiger partial charge in [-0.15, -0.1) is 0 Å². The topological polar surface area (TPSA) is 138 Å². The fraction of sp³-hybridized carbons (Fsp3) is 0. The largest absolute Gasteiger partial charge is 0.756 e. The van der Waals surface area contributed by atoms with Crippen molar-refractivity contribution in [2.24, 2.45) is 5.73 Å². The molecule has 0 saturated carbocycles. The minimum atomic E-state index is -4.89. The molecule has 7 nitrogen and oxygen atoms in total. The molecule has 8 heteroatoms. The second-order valence-electron chi connectivity index (χ2n) is 2.14. The van der Waals surface area contributed by atoms with Gasteiger partial charge >= 0.3 is 0 Å². The molecule has 0 aromatic carbocycles. The van der Waals surface area contributed by atoms with Crippen LogP contribution in [0.4, 0.5) is 0 Å². The number of hydrogen-bond donors (Lipinski definition) is 3. The lowest BCUT2D eigenvalue weighted by Gasteiger charge is -2.01. The van der Waals surface area contributed by atoms with Gasteiger partial charge in [0.1, 0.15) is 0 Å². The number of pyridine rings is 1. The van der Waals surface area contributed by atoms with Crippen molar-refractivity contribution >= 4 is 13.7 Å². The molecule has 0 aliphatic carbocycles. The van der Waals surface area contributed by atoms with Gasteiger partial charge in [0, 0.05) is 12.1 Å². The first-order chi connectivity index (χ1) is 6.30. The van der Waals surface area contributed by atoms with E-state index in [4.69, 9.17) is 25.0 Å². The Bertz CT molecular complexity index is 327. The van der Waals surface area contributed by atoms with Crippen molar-refractivity contribution in [2.75, 3.05) is 0 Å². The van der Waals surface area contributed by atoms with Gasteiger partial charge in [-0.3, -0.25) is 9.36 Å². The van der Waals surface area contributed by atoms with Crippen molar-refractivity contribution in [1.82, 2.24) is 0 Å². The summed E-state index contributed by atoms with van der Waals surface area (Å²) in [6, 6.07) is 3.25. The molecule has 1 aromatic rings. The minimum Gasteiger partial charge on any atom is -0.756 e. The Morgan fingerprint density at radius 2 is 1.79 bits per heavy atom. The van der Waals surface area contributed by atoms with Crippen LogP contribution in [-0.2, 0) is 4.57 Å². The summed E-state index contributed by atoms with van der Waals surface area (Å²) in [5.41, 5.74) is 5.48. The number of carbonyl (C=O) groups is 1. The van der Waals surface area contributed by atoms with E-state index in [9.17, 15) is 4.79 Å². The molecule has 0 aliphatic heterocycles. The highest BCUT2D eigenvalue weighted by Crippen LogP contribution is 2.18. The molecule has 0 fully saturated rings. The molecule has 0 atom stereocenters. The van der Waals surface area contributed by atoms with Crippen molar-refractivity contribution in [3.63, 3.8) is 0 Å². The Morgan fingerprint density at radius 1 is 1.43 bits per heavy atom. The SMILES string of the molecule is NC(=O)c1cc[nH+]cc1.O=P([O-])(O)O. The third-order valence-electron chi connectivity index (χ3n) is 1.00. The first kappa shape index (κ1) is 12.7. The van der Waals surface area contributed by atoms with Crippen molar-refractivity contribution in [1.29, 1.82) is 0 Å². The summed E-state index contributed by atoms with van der Waals surface area (Å²) >= 11 is 0. The fourth-order valence-electron chi connectivity index (χ4n) is 0.551. The van der Waals surface area contributed by atoms with E-state index in [1.807, 2.05) is 0 Å². The number of carbonyl (C=O) groups excluding carboxylic acids is 1. The van der Waals surface area contributed by atoms with Crippen molar-refractivity contribution in [2.45, 2.75) is 0 Å². The summed E-state index contributed by atoms with van der Waals surface area (Å²) in [6.07, 6.45) is 3.31. The summed E-state index contributed by atoms with van der Waals surface area (Å²) in [7, 11) is -4.89. The predicted octanol–water partition coefficient (Wildman–Crippen LogP) is -1.96. The summed E-state index contributed by atoms with van der Waals surface area (Å²) in [5, 5.41) is 0. The van der Waals surface area contributed by atoms with Crippen LogP contribution in [0.15, 0.2) is 24.5 Å². The van der Waals surface area contributed by atoms with Crippen LogP contribution in [-0.4, -0.2) is 15.7 Å². The number of amides is 1. The van der Waals surface area contributed by atoms with Crippen LogP contribution in [0.3, 0.4) is 0 Å². The Hall–Kier alpha value is -1.27. The molecule has 0 bridgehead atoms. The number of phosphoric acid groups is 1. The number of rotatable bonds is 1. The number of H-pyrrole nitrogens is 1. The van der Waals surface area contributed by atoms with E-state index >= 15 is 0 Å². The van der Waals surface area contributed by atoms with E-state index in [1.54, 1.807) is 24.5 Å². The average molecular weight is 220 g/mol. The van der Waals surface area contributed by atoms with Gasteiger partial charge in [0.2, 0.25) is 5.91 Å². The van der Waals surface area contributed by atoms with Crippen LogP contribution in [0.5, 0.6) is 0 Å². The molecule has 78 valence electrons. The summed E-state index contributed by atoms with van der Waals surface area (Å²) < 4.78 is 8.77. The molecule has 0 spiro atoms. The number of aromatic amines is 1.